The molecule has 2 aliphatic heterocycles. The fraction of sp³-hybridized carbons (Fsp3) is 0.650. The molecule has 0 bridgehead atoms. The summed E-state index contributed by atoms with van der Waals surface area (Å²) >= 11 is 0. The van der Waals surface area contributed by atoms with Gasteiger partial charge in [0, 0.05) is 64.3 Å². The molecular formula is C20H28F3N3O5S. The minimum Gasteiger partial charge on any atom is -0.494 e. The summed E-state index contributed by atoms with van der Waals surface area (Å²) in [6.07, 6.45) is -5.09. The lowest BCUT2D eigenvalue weighted by atomic mass is 9.98. The molecule has 3 rings (SSSR count). The Morgan fingerprint density at radius 2 is 1.69 bits per heavy atom. The van der Waals surface area contributed by atoms with Gasteiger partial charge in [-0.05, 0) is 30.7 Å². The van der Waals surface area contributed by atoms with E-state index in [-0.39, 0.29) is 52.2 Å². The van der Waals surface area contributed by atoms with Crippen molar-refractivity contribution in [1.82, 2.24) is 4.31 Å². The maximum Gasteiger partial charge on any atom is 0.389 e. The number of alkyl halides is 3. The summed E-state index contributed by atoms with van der Waals surface area (Å²) in [4.78, 5) is 14.1. The topological polar surface area (TPSA) is 102 Å². The van der Waals surface area contributed by atoms with Gasteiger partial charge in [-0.3, -0.25) is 4.79 Å². The van der Waals surface area contributed by atoms with Crippen LogP contribution in [0.4, 0.5) is 18.9 Å². The van der Waals surface area contributed by atoms with Gasteiger partial charge >= 0.3 is 6.18 Å². The smallest absolute Gasteiger partial charge is 0.389 e. The normalized spacial score (nSPS) is 20.2. The fourth-order valence-electron chi connectivity index (χ4n) is 3.98. The molecule has 0 radical (unpaired) electrons. The van der Waals surface area contributed by atoms with E-state index >= 15 is 0 Å². The van der Waals surface area contributed by atoms with Crippen molar-refractivity contribution in [3.63, 3.8) is 0 Å². The summed E-state index contributed by atoms with van der Waals surface area (Å²) in [7, 11) is -3.93. The van der Waals surface area contributed by atoms with Gasteiger partial charge in [0.2, 0.25) is 15.9 Å². The molecule has 2 heterocycles. The van der Waals surface area contributed by atoms with Crippen LogP contribution in [0.1, 0.15) is 25.7 Å². The molecule has 1 aromatic rings. The lowest BCUT2D eigenvalue weighted by molar-refractivity contribution is -0.136. The van der Waals surface area contributed by atoms with E-state index in [1.165, 1.54) is 4.31 Å². The number of sulfonamides is 1. The number of primary amides is 1. The first kappa shape index (κ1) is 24.6. The van der Waals surface area contributed by atoms with Crippen LogP contribution >= 0.6 is 0 Å². The van der Waals surface area contributed by atoms with Crippen molar-refractivity contribution in [2.24, 2.45) is 5.73 Å². The Morgan fingerprint density at radius 1 is 1.09 bits per heavy atom. The van der Waals surface area contributed by atoms with Crippen LogP contribution in [-0.2, 0) is 19.6 Å². The fourth-order valence-corrected chi connectivity index (χ4v) is 6.06. The highest BCUT2D eigenvalue weighted by molar-refractivity contribution is 7.91. The molecule has 1 aromatic carbocycles. The van der Waals surface area contributed by atoms with E-state index < -0.39 is 33.3 Å². The van der Waals surface area contributed by atoms with Crippen molar-refractivity contribution in [3.05, 3.63) is 24.3 Å². The predicted octanol–water partition coefficient (Wildman–Crippen LogP) is 1.89. The lowest BCUT2D eigenvalue weighted by Crippen LogP contribution is -2.61. The van der Waals surface area contributed by atoms with Gasteiger partial charge in [-0.2, -0.15) is 17.5 Å². The van der Waals surface area contributed by atoms with Crippen LogP contribution in [0.2, 0.25) is 0 Å². The van der Waals surface area contributed by atoms with Crippen LogP contribution in [0, 0.1) is 0 Å². The summed E-state index contributed by atoms with van der Waals surface area (Å²) in [5.74, 6) is -0.367. The van der Waals surface area contributed by atoms with Gasteiger partial charge in [0.1, 0.15) is 5.75 Å². The molecular weight excluding hydrogens is 451 g/mol. The number of carbonyl (C=O) groups excluding carboxylic acids is 1. The standard InChI is InChI=1S/C20H28F3N3O5S/c21-20(22,23)6-1-13-31-17-4-2-16(3-5-17)25-9-11-26(12-10-25)32(28,29)19(18(24)27)7-14-30-15-8-19/h2-5H,1,6-15H2,(H2,24,27). The van der Waals surface area contributed by atoms with Crippen LogP contribution in [0.5, 0.6) is 5.75 Å². The second-order valence-corrected chi connectivity index (χ2v) is 10.2. The highest BCUT2D eigenvalue weighted by atomic mass is 32.2. The Morgan fingerprint density at radius 3 is 2.22 bits per heavy atom. The molecule has 2 N–H and O–H groups in total. The molecule has 0 atom stereocenters. The van der Waals surface area contributed by atoms with Crippen molar-refractivity contribution in [2.45, 2.75) is 36.6 Å². The van der Waals surface area contributed by atoms with E-state index in [2.05, 4.69) is 0 Å². The highest BCUT2D eigenvalue weighted by Crippen LogP contribution is 2.33. The number of ether oxygens (including phenoxy) is 2. The maximum absolute atomic E-state index is 13.2. The van der Waals surface area contributed by atoms with Crippen LogP contribution in [0.25, 0.3) is 0 Å². The van der Waals surface area contributed by atoms with Gasteiger partial charge < -0.3 is 20.1 Å². The van der Waals surface area contributed by atoms with E-state index in [0.717, 1.165) is 5.69 Å². The number of carbonyl (C=O) groups is 1. The van der Waals surface area contributed by atoms with Gasteiger partial charge in [0.05, 0.1) is 6.61 Å². The molecule has 2 aliphatic rings. The summed E-state index contributed by atoms with van der Waals surface area (Å²) in [6, 6.07) is 6.92. The molecule has 2 saturated heterocycles. The molecule has 0 unspecified atom stereocenters. The largest absolute Gasteiger partial charge is 0.494 e. The van der Waals surface area contributed by atoms with Crippen LogP contribution in [-0.4, -0.2) is 75.6 Å². The van der Waals surface area contributed by atoms with Crippen LogP contribution in [0.15, 0.2) is 24.3 Å². The molecule has 180 valence electrons. The van der Waals surface area contributed by atoms with Crippen molar-refractivity contribution >= 4 is 21.6 Å². The predicted molar refractivity (Wildman–Crippen MR) is 112 cm³/mol. The number of hydrogen-bond donors (Lipinski definition) is 1. The summed E-state index contributed by atoms with van der Waals surface area (Å²) < 4.78 is 73.3. The molecule has 0 aromatic heterocycles. The number of halogens is 3. The zero-order valence-corrected chi connectivity index (χ0v) is 18.5. The number of benzene rings is 1. The molecule has 12 heteroatoms. The Labute approximate surface area is 185 Å². The number of anilines is 1. The highest BCUT2D eigenvalue weighted by Gasteiger charge is 2.53. The molecule has 0 aliphatic carbocycles. The zero-order valence-electron chi connectivity index (χ0n) is 17.6. The molecule has 8 nitrogen and oxygen atoms in total. The first-order valence-electron chi connectivity index (χ1n) is 10.5. The van der Waals surface area contributed by atoms with E-state index in [1.54, 1.807) is 24.3 Å². The molecule has 2 fully saturated rings. The molecule has 0 spiro atoms. The zero-order chi connectivity index (χ0) is 23.4. The van der Waals surface area contributed by atoms with Gasteiger partial charge in [-0.1, -0.05) is 0 Å². The lowest BCUT2D eigenvalue weighted by Gasteiger charge is -2.41. The van der Waals surface area contributed by atoms with Crippen LogP contribution < -0.4 is 15.4 Å². The van der Waals surface area contributed by atoms with E-state index in [9.17, 15) is 26.4 Å². The Balaban J connectivity index is 1.55. The van der Waals surface area contributed by atoms with Crippen molar-refractivity contribution in [2.75, 3.05) is 50.9 Å². The van der Waals surface area contributed by atoms with Crippen molar-refractivity contribution in [1.29, 1.82) is 0 Å². The third kappa shape index (κ3) is 5.46. The third-order valence-corrected chi connectivity index (χ3v) is 8.54. The summed E-state index contributed by atoms with van der Waals surface area (Å²) in [5, 5.41) is 0. The van der Waals surface area contributed by atoms with E-state index in [4.69, 9.17) is 15.2 Å². The number of amides is 1. The van der Waals surface area contributed by atoms with Gasteiger partial charge in [-0.15, -0.1) is 0 Å². The number of nitrogens with two attached hydrogens (primary N) is 1. The molecule has 0 saturated carbocycles. The first-order valence-corrected chi connectivity index (χ1v) is 11.9. The Kier molecular flexibility index (Phi) is 7.56. The Bertz CT molecular complexity index is 879. The Hall–Kier alpha value is -2.05. The number of nitrogens with zero attached hydrogens (tertiary/aromatic N) is 2. The SMILES string of the molecule is NC(=O)C1(S(=O)(=O)N2CCN(c3ccc(OCCCC(F)(F)F)cc3)CC2)CCOCC1. The quantitative estimate of drug-likeness (QED) is 0.572. The van der Waals surface area contributed by atoms with E-state index in [1.807, 2.05) is 4.90 Å². The number of rotatable bonds is 8. The first-order chi connectivity index (χ1) is 15.1. The minimum absolute atomic E-state index is 0.0258. The van der Waals surface area contributed by atoms with Crippen molar-refractivity contribution < 1.29 is 35.9 Å². The second-order valence-electron chi connectivity index (χ2n) is 7.92. The minimum atomic E-state index is -4.19. The number of hydrogen-bond acceptors (Lipinski definition) is 6. The average molecular weight is 480 g/mol. The second kappa shape index (κ2) is 9.84. The molecule has 1 amide bonds. The van der Waals surface area contributed by atoms with Crippen LogP contribution in [0.3, 0.4) is 0 Å². The third-order valence-electron chi connectivity index (χ3n) is 5.90. The maximum atomic E-state index is 13.2. The summed E-state index contributed by atoms with van der Waals surface area (Å²) in [5.41, 5.74) is 6.36. The monoisotopic (exact) mass is 479 g/mol. The van der Waals surface area contributed by atoms with Crippen molar-refractivity contribution in [3.8, 4) is 5.75 Å². The number of piperazine rings is 1. The molecule has 32 heavy (non-hydrogen) atoms. The van der Waals surface area contributed by atoms with E-state index in [0.29, 0.717) is 18.8 Å². The van der Waals surface area contributed by atoms with Gasteiger partial charge in [-0.25, -0.2) is 8.42 Å². The summed E-state index contributed by atoms with van der Waals surface area (Å²) in [6.45, 7) is 1.61. The van der Waals surface area contributed by atoms with Gasteiger partial charge in [0.25, 0.3) is 0 Å². The van der Waals surface area contributed by atoms with Gasteiger partial charge in [0.15, 0.2) is 4.75 Å². The average Bonchev–Trinajstić information content (AvgIpc) is 2.77.